The molecule has 0 spiro atoms. The summed E-state index contributed by atoms with van der Waals surface area (Å²) in [5.41, 5.74) is 1.85. The molecule has 2 amide bonds. The van der Waals surface area contributed by atoms with Gasteiger partial charge in [0.05, 0.1) is 18.2 Å². The van der Waals surface area contributed by atoms with E-state index in [1.807, 2.05) is 41.0 Å². The van der Waals surface area contributed by atoms with Gasteiger partial charge in [0.25, 0.3) is 0 Å². The van der Waals surface area contributed by atoms with Crippen LogP contribution in [0.5, 0.6) is 0 Å². The van der Waals surface area contributed by atoms with Crippen LogP contribution in [0.3, 0.4) is 0 Å². The van der Waals surface area contributed by atoms with Crippen LogP contribution in [0.4, 0.5) is 0 Å². The molecule has 0 aromatic carbocycles. The lowest BCUT2D eigenvalue weighted by atomic mass is 9.94. The second kappa shape index (κ2) is 6.90. The van der Waals surface area contributed by atoms with Crippen LogP contribution in [0.2, 0.25) is 0 Å². The van der Waals surface area contributed by atoms with E-state index in [1.54, 1.807) is 17.1 Å². The van der Waals surface area contributed by atoms with Crippen molar-refractivity contribution in [2.24, 2.45) is 5.92 Å². The molecule has 2 bridgehead atoms. The number of nitrogens with zero attached hydrogens (tertiary/aromatic N) is 5. The Morgan fingerprint density at radius 2 is 2.08 bits per heavy atom. The zero-order valence-corrected chi connectivity index (χ0v) is 14.9. The molecule has 0 aliphatic carbocycles. The molecule has 2 aromatic heterocycles. The first-order valence-electron chi connectivity index (χ1n) is 9.08. The number of hydrogen-bond donors (Lipinski definition) is 0. The molecule has 0 radical (unpaired) electrons. The van der Waals surface area contributed by atoms with Gasteiger partial charge in [0.2, 0.25) is 11.8 Å². The Morgan fingerprint density at radius 3 is 2.81 bits per heavy atom. The fourth-order valence-electron chi connectivity index (χ4n) is 3.91. The summed E-state index contributed by atoms with van der Waals surface area (Å²) in [4.78, 5) is 33.8. The number of pyridine rings is 1. The van der Waals surface area contributed by atoms with Gasteiger partial charge < -0.3 is 9.80 Å². The molecule has 7 heteroatoms. The van der Waals surface area contributed by atoms with E-state index in [9.17, 15) is 9.59 Å². The van der Waals surface area contributed by atoms with Crippen LogP contribution in [-0.4, -0.2) is 55.5 Å². The number of hydrogen-bond acceptors (Lipinski definition) is 4. The van der Waals surface area contributed by atoms with Crippen molar-refractivity contribution in [3.63, 3.8) is 0 Å². The van der Waals surface area contributed by atoms with Gasteiger partial charge in [-0.15, -0.1) is 0 Å². The molecular formula is C19H23N5O2. The maximum Gasteiger partial charge on any atom is 0.244 e. The van der Waals surface area contributed by atoms with Crippen LogP contribution in [0.15, 0.2) is 36.7 Å². The van der Waals surface area contributed by atoms with Crippen molar-refractivity contribution in [1.29, 1.82) is 0 Å². The number of carbonyl (C=O) groups is 2. The van der Waals surface area contributed by atoms with Gasteiger partial charge in [-0.2, -0.15) is 5.10 Å². The Balaban J connectivity index is 1.49. The minimum absolute atomic E-state index is 0.0289. The monoisotopic (exact) mass is 353 g/mol. The minimum Gasteiger partial charge on any atom is -0.338 e. The highest BCUT2D eigenvalue weighted by atomic mass is 16.2. The summed E-state index contributed by atoms with van der Waals surface area (Å²) in [6.45, 7) is 3.78. The maximum absolute atomic E-state index is 12.9. The van der Waals surface area contributed by atoms with Crippen LogP contribution in [-0.2, 0) is 22.7 Å². The van der Waals surface area contributed by atoms with Gasteiger partial charge in [-0.1, -0.05) is 6.07 Å². The smallest absolute Gasteiger partial charge is 0.244 e. The Bertz CT molecular complexity index is 803. The molecule has 26 heavy (non-hydrogen) atoms. The van der Waals surface area contributed by atoms with E-state index in [1.165, 1.54) is 0 Å². The normalized spacial score (nSPS) is 22.6. The van der Waals surface area contributed by atoms with E-state index in [0.717, 1.165) is 24.2 Å². The van der Waals surface area contributed by atoms with Crippen molar-refractivity contribution in [3.8, 4) is 0 Å². The van der Waals surface area contributed by atoms with Gasteiger partial charge in [0.1, 0.15) is 6.54 Å². The molecule has 3 saturated heterocycles. The van der Waals surface area contributed by atoms with Crippen LogP contribution in [0, 0.1) is 12.8 Å². The lowest BCUT2D eigenvalue weighted by Gasteiger charge is -2.35. The molecule has 3 aliphatic heterocycles. The molecule has 136 valence electrons. The number of carbonyl (C=O) groups excluding carboxylic acids is 2. The number of piperidine rings is 1. The zero-order valence-electron chi connectivity index (χ0n) is 14.9. The second-order valence-corrected chi connectivity index (χ2v) is 7.14. The highest BCUT2D eigenvalue weighted by Gasteiger charge is 2.41. The standard InChI is InChI=1S/C19H23N5O2/c1-14-7-9-21-24(14)13-18(25)22-10-15-5-6-17(12-22)23(19(15)26)11-16-4-2-3-8-20-16/h2-4,7-9,15,17H,5-6,10-13H2,1H3. The molecule has 3 aliphatic rings. The molecule has 5 rings (SSSR count). The highest BCUT2D eigenvalue weighted by molar-refractivity contribution is 5.83. The second-order valence-electron chi connectivity index (χ2n) is 7.14. The third kappa shape index (κ3) is 3.21. The summed E-state index contributed by atoms with van der Waals surface area (Å²) < 4.78 is 1.71. The molecule has 3 fully saturated rings. The van der Waals surface area contributed by atoms with Gasteiger partial charge in [-0.3, -0.25) is 19.3 Å². The largest absolute Gasteiger partial charge is 0.338 e. The summed E-state index contributed by atoms with van der Waals surface area (Å²) in [6.07, 6.45) is 5.24. The highest BCUT2D eigenvalue weighted by Crippen LogP contribution is 2.30. The maximum atomic E-state index is 12.9. The predicted octanol–water partition coefficient (Wildman–Crippen LogP) is 1.24. The van der Waals surface area contributed by atoms with Gasteiger partial charge in [0.15, 0.2) is 0 Å². The van der Waals surface area contributed by atoms with Crippen molar-refractivity contribution < 1.29 is 9.59 Å². The molecule has 7 nitrogen and oxygen atoms in total. The first kappa shape index (κ1) is 16.8. The van der Waals surface area contributed by atoms with E-state index >= 15 is 0 Å². The van der Waals surface area contributed by atoms with Gasteiger partial charge in [0, 0.05) is 37.2 Å². The summed E-state index contributed by atoms with van der Waals surface area (Å²) in [7, 11) is 0. The average molecular weight is 353 g/mol. The van der Waals surface area contributed by atoms with Crippen molar-refractivity contribution in [2.75, 3.05) is 13.1 Å². The van der Waals surface area contributed by atoms with Gasteiger partial charge in [-0.05, 0) is 38.0 Å². The van der Waals surface area contributed by atoms with Crippen molar-refractivity contribution in [1.82, 2.24) is 24.6 Å². The number of aromatic nitrogens is 3. The predicted molar refractivity (Wildman–Crippen MR) is 94.8 cm³/mol. The number of aryl methyl sites for hydroxylation is 1. The Morgan fingerprint density at radius 1 is 1.19 bits per heavy atom. The average Bonchev–Trinajstić information content (AvgIpc) is 2.87. The van der Waals surface area contributed by atoms with Gasteiger partial charge in [-0.25, -0.2) is 0 Å². The fourth-order valence-corrected chi connectivity index (χ4v) is 3.91. The van der Waals surface area contributed by atoms with Crippen LogP contribution >= 0.6 is 0 Å². The SMILES string of the molecule is Cc1ccnn1CC(=O)N1CC2CCC(C1)N(Cc1ccccn1)C2=O. The van der Waals surface area contributed by atoms with E-state index in [4.69, 9.17) is 0 Å². The molecule has 2 atom stereocenters. The summed E-state index contributed by atoms with van der Waals surface area (Å²) in [5.74, 6) is 0.0683. The summed E-state index contributed by atoms with van der Waals surface area (Å²) in [6, 6.07) is 7.70. The number of fused-ring (bicyclic) bond motifs is 4. The number of amides is 2. The zero-order chi connectivity index (χ0) is 18.1. The topological polar surface area (TPSA) is 71.3 Å². The quantitative estimate of drug-likeness (QED) is 0.829. The third-order valence-electron chi connectivity index (χ3n) is 5.42. The lowest BCUT2D eigenvalue weighted by Crippen LogP contribution is -2.47. The number of rotatable bonds is 4. The first-order chi connectivity index (χ1) is 12.6. The Hall–Kier alpha value is -2.70. The lowest BCUT2D eigenvalue weighted by molar-refractivity contribution is -0.140. The van der Waals surface area contributed by atoms with E-state index < -0.39 is 0 Å². The van der Waals surface area contributed by atoms with E-state index in [2.05, 4.69) is 10.1 Å². The van der Waals surface area contributed by atoms with Crippen molar-refractivity contribution >= 4 is 11.8 Å². The Labute approximate surface area is 152 Å². The molecule has 0 N–H and O–H groups in total. The first-order valence-corrected chi connectivity index (χ1v) is 9.08. The minimum atomic E-state index is -0.111. The fraction of sp³-hybridized carbons (Fsp3) is 0.474. The van der Waals surface area contributed by atoms with Crippen LogP contribution in [0.1, 0.15) is 24.2 Å². The van der Waals surface area contributed by atoms with Crippen LogP contribution in [0.25, 0.3) is 0 Å². The van der Waals surface area contributed by atoms with Crippen LogP contribution < -0.4 is 0 Å². The molecule has 2 aromatic rings. The van der Waals surface area contributed by atoms with E-state index in [-0.39, 0.29) is 30.3 Å². The third-order valence-corrected chi connectivity index (χ3v) is 5.42. The van der Waals surface area contributed by atoms with Crippen molar-refractivity contribution in [2.45, 2.75) is 38.9 Å². The summed E-state index contributed by atoms with van der Waals surface area (Å²) >= 11 is 0. The Kier molecular flexibility index (Phi) is 4.44. The molecule has 5 heterocycles. The molecule has 0 saturated carbocycles. The van der Waals surface area contributed by atoms with E-state index in [0.29, 0.717) is 19.6 Å². The molecule has 2 unspecified atom stereocenters. The van der Waals surface area contributed by atoms with Crippen molar-refractivity contribution in [3.05, 3.63) is 48.0 Å². The van der Waals surface area contributed by atoms with Gasteiger partial charge >= 0.3 is 0 Å². The summed E-state index contributed by atoms with van der Waals surface area (Å²) in [5, 5.41) is 4.20. The molecular weight excluding hydrogens is 330 g/mol.